The van der Waals surface area contributed by atoms with Gasteiger partial charge in [-0.25, -0.2) is 0 Å². The van der Waals surface area contributed by atoms with E-state index in [1.807, 2.05) is 0 Å². The first-order valence-electron chi connectivity index (χ1n) is 6.18. The zero-order valence-corrected chi connectivity index (χ0v) is 11.7. The minimum absolute atomic E-state index is 0.462. The molecule has 0 saturated heterocycles. The standard InChI is InChI=1S/C13H24N2S/c1-5-15(6-2)11(3)9-14-12(4)13-7-8-16-10-13/h7-8,10-12,14H,5-6,9H2,1-4H3. The normalized spacial score (nSPS) is 15.3. The highest BCUT2D eigenvalue weighted by Crippen LogP contribution is 2.15. The van der Waals surface area contributed by atoms with Crippen LogP contribution in [0.2, 0.25) is 0 Å². The fourth-order valence-electron chi connectivity index (χ4n) is 1.96. The van der Waals surface area contributed by atoms with Gasteiger partial charge in [0.25, 0.3) is 0 Å². The molecular formula is C13H24N2S. The Hall–Kier alpha value is -0.380. The summed E-state index contributed by atoms with van der Waals surface area (Å²) >= 11 is 1.77. The van der Waals surface area contributed by atoms with Crippen molar-refractivity contribution < 1.29 is 0 Å². The first-order chi connectivity index (χ1) is 7.69. The monoisotopic (exact) mass is 240 g/mol. The summed E-state index contributed by atoms with van der Waals surface area (Å²) in [7, 11) is 0. The van der Waals surface area contributed by atoms with E-state index in [2.05, 4.69) is 54.7 Å². The lowest BCUT2D eigenvalue weighted by Crippen LogP contribution is -2.40. The molecule has 0 aliphatic rings. The second kappa shape index (κ2) is 7.05. The molecule has 1 heterocycles. The topological polar surface area (TPSA) is 15.3 Å². The van der Waals surface area contributed by atoms with E-state index in [1.165, 1.54) is 5.56 Å². The highest BCUT2D eigenvalue weighted by molar-refractivity contribution is 7.07. The first kappa shape index (κ1) is 13.7. The quantitative estimate of drug-likeness (QED) is 0.788. The largest absolute Gasteiger partial charge is 0.309 e. The predicted molar refractivity (Wildman–Crippen MR) is 73.1 cm³/mol. The third-order valence-corrected chi connectivity index (χ3v) is 3.90. The second-order valence-electron chi connectivity index (χ2n) is 4.26. The third-order valence-electron chi connectivity index (χ3n) is 3.20. The molecule has 1 N–H and O–H groups in total. The van der Waals surface area contributed by atoms with Crippen molar-refractivity contribution in [1.29, 1.82) is 0 Å². The van der Waals surface area contributed by atoms with Gasteiger partial charge in [-0.3, -0.25) is 4.90 Å². The molecule has 0 saturated carbocycles. The van der Waals surface area contributed by atoms with Crippen LogP contribution in [-0.4, -0.2) is 30.6 Å². The number of hydrogen-bond acceptors (Lipinski definition) is 3. The predicted octanol–water partition coefficient (Wildman–Crippen LogP) is 3.13. The van der Waals surface area contributed by atoms with Gasteiger partial charge in [0.15, 0.2) is 0 Å². The van der Waals surface area contributed by atoms with Crippen molar-refractivity contribution in [3.05, 3.63) is 22.4 Å². The Bertz CT molecular complexity index is 267. The molecule has 1 aromatic heterocycles. The van der Waals surface area contributed by atoms with Crippen LogP contribution in [0.5, 0.6) is 0 Å². The average Bonchev–Trinajstić information content (AvgIpc) is 2.81. The van der Waals surface area contributed by atoms with Crippen molar-refractivity contribution in [3.63, 3.8) is 0 Å². The fourth-order valence-corrected chi connectivity index (χ4v) is 2.72. The molecule has 0 aliphatic carbocycles. The molecule has 0 aliphatic heterocycles. The maximum atomic E-state index is 3.60. The molecule has 0 amide bonds. The van der Waals surface area contributed by atoms with Crippen LogP contribution < -0.4 is 5.32 Å². The summed E-state index contributed by atoms with van der Waals surface area (Å²) in [5.41, 5.74) is 1.40. The van der Waals surface area contributed by atoms with Gasteiger partial charge in [0.2, 0.25) is 0 Å². The molecule has 1 rings (SSSR count). The Balaban J connectivity index is 2.34. The van der Waals surface area contributed by atoms with Gasteiger partial charge in [-0.2, -0.15) is 11.3 Å². The van der Waals surface area contributed by atoms with Crippen LogP contribution in [0.3, 0.4) is 0 Å². The molecule has 0 aromatic carbocycles. The molecule has 0 radical (unpaired) electrons. The Labute approximate surface area is 104 Å². The number of hydrogen-bond donors (Lipinski definition) is 1. The molecule has 2 unspecified atom stereocenters. The highest BCUT2D eigenvalue weighted by atomic mass is 32.1. The van der Waals surface area contributed by atoms with Crippen molar-refractivity contribution >= 4 is 11.3 Å². The summed E-state index contributed by atoms with van der Waals surface area (Å²) in [6.45, 7) is 12.3. The highest BCUT2D eigenvalue weighted by Gasteiger charge is 2.11. The molecular weight excluding hydrogens is 216 g/mol. The lowest BCUT2D eigenvalue weighted by molar-refractivity contribution is 0.222. The summed E-state index contributed by atoms with van der Waals surface area (Å²) in [5.74, 6) is 0. The number of nitrogens with one attached hydrogen (secondary N) is 1. The van der Waals surface area contributed by atoms with E-state index < -0.39 is 0 Å². The summed E-state index contributed by atoms with van der Waals surface area (Å²) in [6, 6.07) is 3.27. The number of thiophene rings is 1. The van der Waals surface area contributed by atoms with Gasteiger partial charge in [-0.05, 0) is 49.3 Å². The Morgan fingerprint density at radius 3 is 2.50 bits per heavy atom. The van der Waals surface area contributed by atoms with E-state index in [-0.39, 0.29) is 0 Å². The molecule has 3 heteroatoms. The minimum Gasteiger partial charge on any atom is -0.309 e. The fraction of sp³-hybridized carbons (Fsp3) is 0.692. The Morgan fingerprint density at radius 1 is 1.31 bits per heavy atom. The number of nitrogens with zero attached hydrogens (tertiary/aromatic N) is 1. The first-order valence-corrected chi connectivity index (χ1v) is 7.12. The number of likely N-dealkylation sites (N-methyl/N-ethyl adjacent to an activating group) is 1. The third kappa shape index (κ3) is 3.89. The van der Waals surface area contributed by atoms with Gasteiger partial charge in [0.1, 0.15) is 0 Å². The van der Waals surface area contributed by atoms with Gasteiger partial charge in [-0.15, -0.1) is 0 Å². The van der Waals surface area contributed by atoms with Crippen LogP contribution in [0, 0.1) is 0 Å². The van der Waals surface area contributed by atoms with Crippen LogP contribution in [0.15, 0.2) is 16.8 Å². The van der Waals surface area contributed by atoms with Crippen molar-refractivity contribution in [3.8, 4) is 0 Å². The van der Waals surface area contributed by atoms with Gasteiger partial charge in [0, 0.05) is 18.6 Å². The molecule has 0 fully saturated rings. The maximum Gasteiger partial charge on any atom is 0.0300 e. The minimum atomic E-state index is 0.462. The maximum absolute atomic E-state index is 3.60. The van der Waals surface area contributed by atoms with E-state index in [9.17, 15) is 0 Å². The van der Waals surface area contributed by atoms with Crippen LogP contribution in [0.25, 0.3) is 0 Å². The van der Waals surface area contributed by atoms with Crippen LogP contribution in [0.4, 0.5) is 0 Å². The summed E-state index contributed by atoms with van der Waals surface area (Å²) in [5, 5.41) is 7.96. The van der Waals surface area contributed by atoms with Gasteiger partial charge < -0.3 is 5.32 Å². The zero-order valence-electron chi connectivity index (χ0n) is 10.9. The number of rotatable bonds is 7. The molecule has 16 heavy (non-hydrogen) atoms. The SMILES string of the molecule is CCN(CC)C(C)CNC(C)c1ccsc1. The molecule has 92 valence electrons. The van der Waals surface area contributed by atoms with Crippen LogP contribution in [-0.2, 0) is 0 Å². The van der Waals surface area contributed by atoms with Crippen molar-refractivity contribution in [2.75, 3.05) is 19.6 Å². The zero-order chi connectivity index (χ0) is 12.0. The lowest BCUT2D eigenvalue weighted by Gasteiger charge is -2.27. The van der Waals surface area contributed by atoms with Gasteiger partial charge >= 0.3 is 0 Å². The van der Waals surface area contributed by atoms with E-state index in [0.717, 1.165) is 19.6 Å². The molecule has 2 atom stereocenters. The van der Waals surface area contributed by atoms with E-state index in [1.54, 1.807) is 11.3 Å². The summed E-state index contributed by atoms with van der Waals surface area (Å²) < 4.78 is 0. The van der Waals surface area contributed by atoms with Crippen molar-refractivity contribution in [1.82, 2.24) is 10.2 Å². The molecule has 0 bridgehead atoms. The second-order valence-corrected chi connectivity index (χ2v) is 5.04. The summed E-state index contributed by atoms with van der Waals surface area (Å²) in [6.07, 6.45) is 0. The van der Waals surface area contributed by atoms with E-state index in [0.29, 0.717) is 12.1 Å². The Morgan fingerprint density at radius 2 is 2.00 bits per heavy atom. The van der Waals surface area contributed by atoms with Crippen LogP contribution in [0.1, 0.15) is 39.3 Å². The van der Waals surface area contributed by atoms with E-state index in [4.69, 9.17) is 0 Å². The molecule has 0 spiro atoms. The average molecular weight is 240 g/mol. The smallest absolute Gasteiger partial charge is 0.0300 e. The van der Waals surface area contributed by atoms with Gasteiger partial charge in [-0.1, -0.05) is 13.8 Å². The lowest BCUT2D eigenvalue weighted by atomic mass is 10.1. The molecule has 1 aromatic rings. The summed E-state index contributed by atoms with van der Waals surface area (Å²) in [4.78, 5) is 2.48. The van der Waals surface area contributed by atoms with Crippen molar-refractivity contribution in [2.45, 2.75) is 39.8 Å². The van der Waals surface area contributed by atoms with Gasteiger partial charge in [0.05, 0.1) is 0 Å². The molecule has 2 nitrogen and oxygen atoms in total. The Kier molecular flexibility index (Phi) is 6.03. The van der Waals surface area contributed by atoms with E-state index >= 15 is 0 Å². The van der Waals surface area contributed by atoms with Crippen LogP contribution >= 0.6 is 11.3 Å². The van der Waals surface area contributed by atoms with Crippen molar-refractivity contribution in [2.24, 2.45) is 0 Å².